The molecule has 1 heterocycles. The Morgan fingerprint density at radius 1 is 0.897 bits per heavy atom. The van der Waals surface area contributed by atoms with Crippen LogP contribution in [0.1, 0.15) is 12.8 Å². The largest absolute Gasteiger partial charge is 0.691 e. The third-order valence-electron chi connectivity index (χ3n) is 7.00. The number of hydrogen-bond donors (Lipinski definition) is 0. The molecule has 7 nitrogen and oxygen atoms in total. The molecule has 1 aliphatic heterocycles. The van der Waals surface area contributed by atoms with E-state index < -0.39 is 35.5 Å². The number of alkyl halides is 2. The fraction of sp³-hybridized carbons (Fsp3) is 0.286. The Labute approximate surface area is 230 Å². The van der Waals surface area contributed by atoms with Crippen LogP contribution in [0, 0.1) is 17.8 Å². The maximum atomic E-state index is 13.3. The van der Waals surface area contributed by atoms with Gasteiger partial charge in [-0.25, -0.2) is 4.79 Å². The minimum atomic E-state index is -4.08. The Morgan fingerprint density at radius 2 is 1.41 bits per heavy atom. The summed E-state index contributed by atoms with van der Waals surface area (Å²) in [6.45, 7) is 0. The van der Waals surface area contributed by atoms with E-state index in [2.05, 4.69) is 100 Å². The first kappa shape index (κ1) is 27.6. The van der Waals surface area contributed by atoms with Gasteiger partial charge in [0.05, 0.1) is 16.8 Å². The van der Waals surface area contributed by atoms with Gasteiger partial charge in [0.25, 0.3) is 0 Å². The average Bonchev–Trinajstić information content (AvgIpc) is 3.60. The summed E-state index contributed by atoms with van der Waals surface area (Å²) in [5.41, 5.74) is 0. The molecule has 2 saturated carbocycles. The van der Waals surface area contributed by atoms with Crippen molar-refractivity contribution in [1.82, 2.24) is 0 Å². The molecule has 0 N–H and O–H groups in total. The number of carbonyl (C=O) groups excluding carboxylic acids is 2. The molecule has 3 aliphatic rings. The Balaban J connectivity index is 0.000000158. The lowest BCUT2D eigenvalue weighted by molar-refractivity contribution is -0.777. The summed E-state index contributed by atoms with van der Waals surface area (Å²) in [5.74, 6) is -2.62. The van der Waals surface area contributed by atoms with Crippen LogP contribution in [0.15, 0.2) is 106 Å². The standard InChI is InChI=1S/C18H15S.C10H10F2O7S/c1-4-10-16(11-5-1)19(17-12-6-2-7-13-17)18-14-8-3-9-15-18;11-10(12,20-19-18-15)9(14)17-6-3-1-4-5(2-3)8(13)16-7(4)6/h1-15H;3-7,15H,1-2H2/q+1;/p-1. The van der Waals surface area contributed by atoms with E-state index in [1.54, 1.807) is 0 Å². The highest BCUT2D eigenvalue weighted by molar-refractivity contribution is 7.97. The normalized spacial score (nSPS) is 24.7. The van der Waals surface area contributed by atoms with Gasteiger partial charge in [-0.3, -0.25) is 9.83 Å². The van der Waals surface area contributed by atoms with Gasteiger partial charge in [-0.05, 0) is 49.2 Å². The Hall–Kier alpha value is -2.96. The highest BCUT2D eigenvalue weighted by atomic mass is 32.2. The molecule has 6 rings (SSSR count). The van der Waals surface area contributed by atoms with Gasteiger partial charge in [0, 0.05) is 11.8 Å². The molecule has 5 atom stereocenters. The van der Waals surface area contributed by atoms with Crippen molar-refractivity contribution >= 4 is 34.9 Å². The van der Waals surface area contributed by atoms with Crippen LogP contribution in [0.2, 0.25) is 0 Å². The van der Waals surface area contributed by atoms with Crippen molar-refractivity contribution in [3.05, 3.63) is 91.0 Å². The topological polar surface area (TPSA) is 94.1 Å². The fourth-order valence-electron chi connectivity index (χ4n) is 5.43. The molecule has 3 fully saturated rings. The van der Waals surface area contributed by atoms with Crippen LogP contribution < -0.4 is 5.26 Å². The molecular formula is C28H24F2O7S2. The van der Waals surface area contributed by atoms with Gasteiger partial charge < -0.3 is 14.7 Å². The minimum Gasteiger partial charge on any atom is -0.691 e. The van der Waals surface area contributed by atoms with E-state index >= 15 is 0 Å². The second-order valence-electron chi connectivity index (χ2n) is 9.25. The number of hydrogen-bond acceptors (Lipinski definition) is 8. The van der Waals surface area contributed by atoms with E-state index in [0.29, 0.717) is 12.8 Å². The number of rotatable bonds is 8. The third kappa shape index (κ3) is 5.97. The van der Waals surface area contributed by atoms with Crippen molar-refractivity contribution in [2.45, 2.75) is 45.0 Å². The lowest BCUT2D eigenvalue weighted by atomic mass is 9.88. The highest BCUT2D eigenvalue weighted by Crippen LogP contribution is 2.55. The average molecular weight is 575 g/mol. The molecule has 11 heteroatoms. The second kappa shape index (κ2) is 12.1. The molecule has 0 aromatic heterocycles. The van der Waals surface area contributed by atoms with Crippen LogP contribution in [0.4, 0.5) is 8.78 Å². The molecule has 3 aromatic rings. The number of ether oxygens (including phenoxy) is 2. The summed E-state index contributed by atoms with van der Waals surface area (Å²) in [5, 5.41) is 8.19. The van der Waals surface area contributed by atoms with Gasteiger partial charge in [0.1, 0.15) is 24.3 Å². The molecule has 5 unspecified atom stereocenters. The van der Waals surface area contributed by atoms with Crippen molar-refractivity contribution in [3.63, 3.8) is 0 Å². The Morgan fingerprint density at radius 3 is 1.90 bits per heavy atom. The van der Waals surface area contributed by atoms with Crippen LogP contribution >= 0.6 is 12.0 Å². The van der Waals surface area contributed by atoms with Gasteiger partial charge in [0.15, 0.2) is 14.7 Å². The number of halogens is 2. The summed E-state index contributed by atoms with van der Waals surface area (Å²) in [6, 6.07) is 32.2. The van der Waals surface area contributed by atoms with Crippen molar-refractivity contribution in [2.24, 2.45) is 17.8 Å². The van der Waals surface area contributed by atoms with Crippen LogP contribution in [-0.2, 0) is 39.3 Å². The zero-order valence-electron chi connectivity index (χ0n) is 20.4. The first-order valence-electron chi connectivity index (χ1n) is 12.2. The van der Waals surface area contributed by atoms with Gasteiger partial charge in [-0.15, -0.1) is 0 Å². The van der Waals surface area contributed by atoms with Gasteiger partial charge >= 0.3 is 17.2 Å². The molecule has 39 heavy (non-hydrogen) atoms. The molecule has 3 aromatic carbocycles. The SMILES string of the molecule is O=C1OC2C3CC(CC13)C2OC(=O)C(F)(F)SOO[O-].c1ccc([S+](c2ccccc2)c2ccccc2)cc1. The predicted molar refractivity (Wildman–Crippen MR) is 136 cm³/mol. The number of fused-ring (bicyclic) bond motifs is 1. The summed E-state index contributed by atoms with van der Waals surface area (Å²) in [4.78, 5) is 26.9. The van der Waals surface area contributed by atoms with Crippen molar-refractivity contribution in [3.8, 4) is 0 Å². The van der Waals surface area contributed by atoms with Crippen LogP contribution in [-0.4, -0.2) is 29.4 Å². The van der Waals surface area contributed by atoms with E-state index in [0.717, 1.165) is 0 Å². The lowest BCUT2D eigenvalue weighted by Crippen LogP contribution is -2.40. The third-order valence-corrected chi connectivity index (χ3v) is 9.73. The van der Waals surface area contributed by atoms with Crippen molar-refractivity contribution in [1.29, 1.82) is 0 Å². The van der Waals surface area contributed by atoms with E-state index in [9.17, 15) is 23.6 Å². The van der Waals surface area contributed by atoms with Crippen LogP contribution in [0.5, 0.6) is 0 Å². The predicted octanol–water partition coefficient (Wildman–Crippen LogP) is 4.73. The van der Waals surface area contributed by atoms with Gasteiger partial charge in [-0.1, -0.05) is 54.6 Å². The minimum absolute atomic E-state index is 0.0146. The molecule has 0 spiro atoms. The zero-order chi connectivity index (χ0) is 27.4. The number of carbonyl (C=O) groups is 2. The monoisotopic (exact) mass is 574 g/mol. The molecular weight excluding hydrogens is 550 g/mol. The van der Waals surface area contributed by atoms with Gasteiger partial charge in [-0.2, -0.15) is 13.1 Å². The molecule has 0 radical (unpaired) electrons. The molecule has 0 amide bonds. The number of esters is 2. The van der Waals surface area contributed by atoms with Crippen molar-refractivity contribution < 1.29 is 42.5 Å². The van der Waals surface area contributed by atoms with Crippen LogP contribution in [0.3, 0.4) is 0 Å². The summed E-state index contributed by atoms with van der Waals surface area (Å²) >= 11 is -0.740. The van der Waals surface area contributed by atoms with E-state index in [1.807, 2.05) is 0 Å². The fourth-order valence-corrected chi connectivity index (χ4v) is 7.76. The first-order chi connectivity index (χ1) is 18.9. The Bertz CT molecular complexity index is 1170. The van der Waals surface area contributed by atoms with E-state index in [4.69, 9.17) is 9.47 Å². The smallest absolute Gasteiger partial charge is 0.415 e. The first-order valence-corrected chi connectivity index (χ1v) is 14.2. The van der Waals surface area contributed by atoms with Gasteiger partial charge in [0.2, 0.25) is 0 Å². The van der Waals surface area contributed by atoms with Crippen LogP contribution in [0.25, 0.3) is 0 Å². The van der Waals surface area contributed by atoms with E-state index in [-0.39, 0.29) is 34.6 Å². The second-order valence-corrected chi connectivity index (χ2v) is 12.1. The zero-order valence-corrected chi connectivity index (χ0v) is 22.0. The maximum Gasteiger partial charge on any atom is 0.415 e. The summed E-state index contributed by atoms with van der Waals surface area (Å²) < 4.78 is 39.8. The molecule has 2 aliphatic carbocycles. The highest BCUT2D eigenvalue weighted by Gasteiger charge is 2.64. The Kier molecular flexibility index (Phi) is 8.53. The van der Waals surface area contributed by atoms with Crippen molar-refractivity contribution in [2.75, 3.05) is 0 Å². The van der Waals surface area contributed by atoms with E-state index in [1.165, 1.54) is 14.7 Å². The summed E-state index contributed by atoms with van der Waals surface area (Å²) in [6.07, 6.45) is -0.406. The molecule has 204 valence electrons. The summed E-state index contributed by atoms with van der Waals surface area (Å²) in [7, 11) is -0.0146. The molecule has 2 bridgehead atoms. The molecule has 1 saturated heterocycles. The number of benzene rings is 3. The lowest BCUT2D eigenvalue weighted by Gasteiger charge is -2.26. The maximum absolute atomic E-state index is 13.3. The quantitative estimate of drug-likeness (QED) is 0.125.